The van der Waals surface area contributed by atoms with Gasteiger partial charge in [0, 0.05) is 24.8 Å². The molecule has 40 heavy (non-hydrogen) atoms. The third-order valence-corrected chi connectivity index (χ3v) is 8.57. The first-order chi connectivity index (χ1) is 18.6. The number of alkyl halides is 3. The predicted octanol–water partition coefficient (Wildman–Crippen LogP) is 3.43. The summed E-state index contributed by atoms with van der Waals surface area (Å²) in [7, 11) is -2.31. The number of rotatable bonds is 6. The third kappa shape index (κ3) is 5.29. The fourth-order valence-corrected chi connectivity index (χ4v) is 6.58. The van der Waals surface area contributed by atoms with Crippen LogP contribution in [0.2, 0.25) is 0 Å². The summed E-state index contributed by atoms with van der Waals surface area (Å²) >= 11 is 0. The van der Waals surface area contributed by atoms with Crippen molar-refractivity contribution in [3.8, 4) is 0 Å². The van der Waals surface area contributed by atoms with Crippen LogP contribution in [0.4, 0.5) is 32.8 Å². The number of carbonyl (C=O) groups is 4. The molecule has 1 saturated heterocycles. The summed E-state index contributed by atoms with van der Waals surface area (Å²) in [4.78, 5) is 51.9. The van der Waals surface area contributed by atoms with Crippen LogP contribution in [0.25, 0.3) is 0 Å². The molecule has 5 N–H and O–H groups in total. The molecule has 0 saturated carbocycles. The van der Waals surface area contributed by atoms with Gasteiger partial charge in [0.2, 0.25) is 5.91 Å². The zero-order valence-electron chi connectivity index (χ0n) is 21.1. The summed E-state index contributed by atoms with van der Waals surface area (Å²) in [6, 6.07) is 4.31. The Morgan fingerprint density at radius 1 is 1.18 bits per heavy atom. The number of carbonyl (C=O) groups excluding carboxylic acids is 4. The summed E-state index contributed by atoms with van der Waals surface area (Å²) in [5.41, 5.74) is -1.64. The summed E-state index contributed by atoms with van der Waals surface area (Å²) in [5.74, 6) is -3.58. The number of benzene rings is 2. The van der Waals surface area contributed by atoms with Crippen LogP contribution in [0, 0.1) is 5.82 Å². The van der Waals surface area contributed by atoms with Crippen molar-refractivity contribution in [2.45, 2.75) is 36.1 Å². The topological polar surface area (TPSA) is 151 Å². The highest BCUT2D eigenvalue weighted by atomic mass is 32.3. The molecule has 1 spiro atoms. The van der Waals surface area contributed by atoms with E-state index in [1.54, 1.807) is 0 Å². The molecular formula is C24H25F4N5O6S. The van der Waals surface area contributed by atoms with Crippen molar-refractivity contribution in [3.05, 3.63) is 59.4 Å². The Kier molecular flexibility index (Phi) is 7.46. The SMILES string of the molecule is CNC(=O)Nc1ccc2c(c1)S(O)(O)CC21NC(=O)N(CC(=O)N(Cc2ccc(F)cc2)[C@@H](C)C(F)(F)F)C1=O. The lowest BCUT2D eigenvalue weighted by atomic mass is 9.92. The summed E-state index contributed by atoms with van der Waals surface area (Å²) in [6.07, 6.45) is -4.85. The van der Waals surface area contributed by atoms with Gasteiger partial charge in [-0.25, -0.2) is 14.0 Å². The number of anilines is 1. The van der Waals surface area contributed by atoms with Gasteiger partial charge in [-0.1, -0.05) is 18.2 Å². The van der Waals surface area contributed by atoms with Crippen molar-refractivity contribution in [2.75, 3.05) is 24.7 Å². The van der Waals surface area contributed by atoms with Crippen LogP contribution in [-0.2, 0) is 21.7 Å². The lowest BCUT2D eigenvalue weighted by Crippen LogP contribution is -2.51. The highest BCUT2D eigenvalue weighted by molar-refractivity contribution is 8.24. The molecular weight excluding hydrogens is 562 g/mol. The summed E-state index contributed by atoms with van der Waals surface area (Å²) in [5, 5.41) is 7.14. The van der Waals surface area contributed by atoms with Crippen LogP contribution in [0.5, 0.6) is 0 Å². The molecule has 2 aliphatic heterocycles. The van der Waals surface area contributed by atoms with E-state index in [1.807, 2.05) is 0 Å². The van der Waals surface area contributed by atoms with E-state index in [1.165, 1.54) is 37.4 Å². The first-order valence-electron chi connectivity index (χ1n) is 11.7. The van der Waals surface area contributed by atoms with E-state index in [0.717, 1.165) is 19.1 Å². The van der Waals surface area contributed by atoms with E-state index < -0.39 is 76.9 Å². The van der Waals surface area contributed by atoms with Crippen LogP contribution in [-0.4, -0.2) is 74.3 Å². The van der Waals surface area contributed by atoms with E-state index in [0.29, 0.717) is 9.80 Å². The van der Waals surface area contributed by atoms with Crippen LogP contribution in [0.15, 0.2) is 47.4 Å². The Balaban J connectivity index is 1.62. The molecule has 216 valence electrons. The van der Waals surface area contributed by atoms with E-state index >= 15 is 0 Å². The number of amides is 6. The molecule has 2 aromatic rings. The van der Waals surface area contributed by atoms with Crippen LogP contribution < -0.4 is 16.0 Å². The van der Waals surface area contributed by atoms with Crippen LogP contribution in [0.3, 0.4) is 0 Å². The van der Waals surface area contributed by atoms with Crippen LogP contribution in [0.1, 0.15) is 18.1 Å². The molecule has 6 amide bonds. The van der Waals surface area contributed by atoms with Gasteiger partial charge < -0.3 is 20.9 Å². The Bertz CT molecular complexity index is 1370. The zero-order chi connectivity index (χ0) is 29.6. The third-order valence-electron chi connectivity index (χ3n) is 6.69. The van der Waals surface area contributed by atoms with E-state index in [9.17, 15) is 45.8 Å². The van der Waals surface area contributed by atoms with Crippen molar-refractivity contribution in [2.24, 2.45) is 0 Å². The Hall–Kier alpha value is -3.89. The lowest BCUT2D eigenvalue weighted by molar-refractivity contribution is -0.187. The molecule has 0 bridgehead atoms. The number of urea groups is 2. The summed E-state index contributed by atoms with van der Waals surface area (Å²) in [6.45, 7) is -0.917. The Morgan fingerprint density at radius 2 is 1.82 bits per heavy atom. The summed E-state index contributed by atoms with van der Waals surface area (Å²) < 4.78 is 75.7. The number of hydrogen-bond donors (Lipinski definition) is 5. The fourth-order valence-electron chi connectivity index (χ4n) is 4.55. The highest BCUT2D eigenvalue weighted by Crippen LogP contribution is 2.62. The number of halogens is 4. The Morgan fingerprint density at radius 3 is 2.42 bits per heavy atom. The number of nitrogens with zero attached hydrogens (tertiary/aromatic N) is 2. The molecule has 2 aromatic carbocycles. The van der Waals surface area contributed by atoms with Gasteiger partial charge in [-0.3, -0.25) is 23.6 Å². The largest absolute Gasteiger partial charge is 0.408 e. The molecule has 4 rings (SSSR count). The van der Waals surface area contributed by atoms with Crippen molar-refractivity contribution >= 4 is 40.2 Å². The number of nitrogens with one attached hydrogen (secondary N) is 3. The molecule has 0 aromatic heterocycles. The quantitative estimate of drug-likeness (QED) is 0.258. The smallest absolute Gasteiger partial charge is 0.341 e. The minimum Gasteiger partial charge on any atom is -0.341 e. The minimum atomic E-state index is -4.85. The highest BCUT2D eigenvalue weighted by Gasteiger charge is 2.60. The standard InChI is InChI=1S/C24H25F4N5O6S/c1-13(24(26,27)28)32(10-14-3-5-15(25)6-4-14)19(34)11-33-20(35)23(31-22(33)37)12-40(38,39)18-9-16(7-8-17(18)23)30-21(36)29-2/h3-9,13,38-39H,10-12H2,1-2H3,(H,31,37)(H2,29,30,36)/t13-,23?/m0/s1. The molecule has 2 heterocycles. The second-order valence-electron chi connectivity index (χ2n) is 9.32. The number of imide groups is 1. The first kappa shape index (κ1) is 29.1. The van der Waals surface area contributed by atoms with E-state index in [4.69, 9.17) is 0 Å². The van der Waals surface area contributed by atoms with Gasteiger partial charge >= 0.3 is 18.2 Å². The fraction of sp³-hybridized carbons (Fsp3) is 0.333. The maximum absolute atomic E-state index is 13.6. The van der Waals surface area contributed by atoms with Gasteiger partial charge in [-0.15, -0.1) is 0 Å². The molecule has 16 heteroatoms. The molecule has 2 atom stereocenters. The monoisotopic (exact) mass is 587 g/mol. The van der Waals surface area contributed by atoms with Crippen molar-refractivity contribution in [3.63, 3.8) is 0 Å². The maximum atomic E-state index is 13.6. The van der Waals surface area contributed by atoms with Crippen molar-refractivity contribution in [1.29, 1.82) is 0 Å². The average Bonchev–Trinajstić information content (AvgIpc) is 3.25. The molecule has 1 unspecified atom stereocenters. The normalized spacial score (nSPS) is 21.1. The van der Waals surface area contributed by atoms with Gasteiger partial charge in [0.1, 0.15) is 18.4 Å². The second kappa shape index (κ2) is 10.3. The average molecular weight is 588 g/mol. The predicted molar refractivity (Wildman–Crippen MR) is 135 cm³/mol. The van der Waals surface area contributed by atoms with Gasteiger partial charge in [0.15, 0.2) is 5.54 Å². The molecule has 1 fully saturated rings. The van der Waals surface area contributed by atoms with Gasteiger partial charge in [0.25, 0.3) is 5.91 Å². The Labute approximate surface area is 226 Å². The van der Waals surface area contributed by atoms with Crippen molar-refractivity contribution < 1.29 is 45.8 Å². The lowest BCUT2D eigenvalue weighted by Gasteiger charge is -2.32. The molecule has 2 aliphatic rings. The number of fused-ring (bicyclic) bond motifs is 2. The second-order valence-corrected chi connectivity index (χ2v) is 11.4. The zero-order valence-corrected chi connectivity index (χ0v) is 21.9. The van der Waals surface area contributed by atoms with E-state index in [2.05, 4.69) is 16.0 Å². The van der Waals surface area contributed by atoms with Crippen molar-refractivity contribution in [1.82, 2.24) is 20.4 Å². The number of hydrogen-bond acceptors (Lipinski definition) is 6. The van der Waals surface area contributed by atoms with Gasteiger partial charge in [-0.05, 0) is 36.8 Å². The molecule has 0 radical (unpaired) electrons. The first-order valence-corrected chi connectivity index (χ1v) is 13.4. The molecule has 11 nitrogen and oxygen atoms in total. The van der Waals surface area contributed by atoms with E-state index in [-0.39, 0.29) is 21.7 Å². The van der Waals surface area contributed by atoms with Gasteiger partial charge in [0.05, 0.1) is 10.6 Å². The maximum Gasteiger partial charge on any atom is 0.408 e. The minimum absolute atomic E-state index is 0.00934. The van der Waals surface area contributed by atoms with Gasteiger partial charge in [-0.2, -0.15) is 23.8 Å². The van der Waals surface area contributed by atoms with Crippen LogP contribution >= 0.6 is 10.6 Å². The molecule has 0 aliphatic carbocycles.